The van der Waals surface area contributed by atoms with Crippen molar-refractivity contribution in [1.29, 1.82) is 0 Å². The zero-order valence-electron chi connectivity index (χ0n) is 23.9. The minimum Gasteiger partial charge on any atom is -0.493 e. The Balaban J connectivity index is 1.40. The number of rotatable bonds is 14. The van der Waals surface area contributed by atoms with Gasteiger partial charge in [0.25, 0.3) is 0 Å². The first-order valence-electron chi connectivity index (χ1n) is 13.7. The highest BCUT2D eigenvalue weighted by Crippen LogP contribution is 2.37. The molecule has 0 bridgehead atoms. The quantitative estimate of drug-likeness (QED) is 0.154. The fourth-order valence-corrected chi connectivity index (χ4v) is 4.42. The monoisotopic (exact) mass is 581 g/mol. The van der Waals surface area contributed by atoms with Crippen molar-refractivity contribution in [3.63, 3.8) is 0 Å². The van der Waals surface area contributed by atoms with Gasteiger partial charge in [0, 0.05) is 41.8 Å². The second-order valence-electron chi connectivity index (χ2n) is 9.44. The molecule has 0 saturated carbocycles. The number of para-hydroxylation sites is 1. The van der Waals surface area contributed by atoms with Crippen molar-refractivity contribution in [3.8, 4) is 23.0 Å². The lowest BCUT2D eigenvalue weighted by Crippen LogP contribution is -2.10. The van der Waals surface area contributed by atoms with Crippen LogP contribution < -0.4 is 24.3 Å². The highest BCUT2D eigenvalue weighted by Gasteiger charge is 2.20. The van der Waals surface area contributed by atoms with Gasteiger partial charge in [0.2, 0.25) is 0 Å². The minimum absolute atomic E-state index is 0.248. The molecule has 1 N–H and O–H groups in total. The van der Waals surface area contributed by atoms with Crippen LogP contribution in [0.3, 0.4) is 0 Å². The van der Waals surface area contributed by atoms with E-state index in [1.165, 1.54) is 24.6 Å². The topological polar surface area (TPSA) is 118 Å². The summed E-state index contributed by atoms with van der Waals surface area (Å²) < 4.78 is 28.1. The first-order valence-corrected chi connectivity index (χ1v) is 13.7. The maximum atomic E-state index is 12.9. The van der Waals surface area contributed by atoms with E-state index in [1.54, 1.807) is 44.6 Å². The van der Waals surface area contributed by atoms with E-state index in [1.807, 2.05) is 30.3 Å². The molecule has 1 aliphatic rings. The number of carbonyl (C=O) groups excluding carboxylic acids is 2. The molecule has 5 rings (SSSR count). The van der Waals surface area contributed by atoms with Gasteiger partial charge in [0.15, 0.2) is 23.1 Å². The Morgan fingerprint density at radius 1 is 0.767 bits per heavy atom. The van der Waals surface area contributed by atoms with E-state index in [2.05, 4.69) is 15.3 Å². The number of hydrogen-bond donors (Lipinski definition) is 1. The third kappa shape index (κ3) is 7.35. The van der Waals surface area contributed by atoms with Gasteiger partial charge >= 0.3 is 0 Å². The first kappa shape index (κ1) is 29.3. The van der Waals surface area contributed by atoms with Gasteiger partial charge < -0.3 is 29.0 Å². The third-order valence-corrected chi connectivity index (χ3v) is 6.52. The van der Waals surface area contributed by atoms with Crippen LogP contribution in [0.1, 0.15) is 12.0 Å². The molecule has 10 heteroatoms. The Kier molecular flexibility index (Phi) is 9.60. The molecule has 0 radical (unpaired) electrons. The van der Waals surface area contributed by atoms with Gasteiger partial charge in [-0.15, -0.1) is 0 Å². The molecular weight excluding hydrogens is 550 g/mol. The van der Waals surface area contributed by atoms with Crippen molar-refractivity contribution in [3.05, 3.63) is 90.8 Å². The maximum absolute atomic E-state index is 12.9. The zero-order valence-corrected chi connectivity index (χ0v) is 23.9. The summed E-state index contributed by atoms with van der Waals surface area (Å²) in [6.07, 6.45) is 5.93. The van der Waals surface area contributed by atoms with E-state index in [0.29, 0.717) is 78.1 Å². The summed E-state index contributed by atoms with van der Waals surface area (Å²) >= 11 is 0. The highest BCUT2D eigenvalue weighted by atomic mass is 16.5. The average Bonchev–Trinajstić information content (AvgIpc) is 3.03. The van der Waals surface area contributed by atoms with Gasteiger partial charge in [-0.25, -0.2) is 9.97 Å². The number of nitrogens with zero attached hydrogens (tertiary/aromatic N) is 2. The molecule has 0 amide bonds. The number of allylic oxidation sites excluding steroid dienone is 4. The fraction of sp³-hybridized carbons (Fsp3) is 0.212. The number of hydrogen-bond acceptors (Lipinski definition) is 10. The standard InChI is InChI=1S/C33H31N3O7/c1-39-15-16-43-32-20-29-27(19-31(32)40-2)33(35-21-34-29)36-28-11-10-24(18-25(28)26-17-22(37)9-12-30(26)38)42-14-6-13-41-23-7-4-3-5-8-23/h3-5,7-12,17-21H,6,13-16H2,1-2H3,(H,34,35,36). The van der Waals surface area contributed by atoms with Crippen LogP contribution in [0.5, 0.6) is 23.0 Å². The molecule has 0 saturated heterocycles. The maximum Gasteiger partial charge on any atom is 0.186 e. The van der Waals surface area contributed by atoms with Crippen LogP contribution in [0, 0.1) is 0 Å². The Morgan fingerprint density at radius 2 is 1.58 bits per heavy atom. The molecule has 220 valence electrons. The van der Waals surface area contributed by atoms with E-state index in [9.17, 15) is 9.59 Å². The zero-order chi connectivity index (χ0) is 30.0. The number of methoxy groups -OCH3 is 2. The van der Waals surface area contributed by atoms with E-state index in [0.717, 1.165) is 5.75 Å². The molecular formula is C33H31N3O7. The van der Waals surface area contributed by atoms with Gasteiger partial charge in [-0.2, -0.15) is 0 Å². The van der Waals surface area contributed by atoms with Gasteiger partial charge in [-0.1, -0.05) is 18.2 Å². The molecule has 0 atom stereocenters. The Labute approximate surface area is 248 Å². The molecule has 0 spiro atoms. The van der Waals surface area contributed by atoms with Gasteiger partial charge in [-0.05, 0) is 54.6 Å². The number of ketones is 2. The van der Waals surface area contributed by atoms with Crippen molar-refractivity contribution in [1.82, 2.24) is 9.97 Å². The molecule has 1 heterocycles. The number of carbonyl (C=O) groups is 2. The Morgan fingerprint density at radius 3 is 2.37 bits per heavy atom. The van der Waals surface area contributed by atoms with Gasteiger partial charge in [-0.3, -0.25) is 9.59 Å². The van der Waals surface area contributed by atoms with Crippen molar-refractivity contribution in [2.75, 3.05) is 46.0 Å². The second kappa shape index (κ2) is 14.1. The fourth-order valence-electron chi connectivity index (χ4n) is 4.42. The number of anilines is 2. The van der Waals surface area contributed by atoms with Crippen LogP contribution >= 0.6 is 0 Å². The average molecular weight is 582 g/mol. The lowest BCUT2D eigenvalue weighted by molar-refractivity contribution is -0.113. The van der Waals surface area contributed by atoms with Crippen molar-refractivity contribution >= 4 is 39.5 Å². The number of aromatic nitrogens is 2. The molecule has 1 aromatic heterocycles. The molecule has 4 aromatic rings. The summed E-state index contributed by atoms with van der Waals surface area (Å²) in [6.45, 7) is 1.66. The third-order valence-electron chi connectivity index (χ3n) is 6.52. The summed E-state index contributed by atoms with van der Waals surface area (Å²) in [7, 11) is 3.15. The summed E-state index contributed by atoms with van der Waals surface area (Å²) in [6, 6.07) is 18.4. The van der Waals surface area contributed by atoms with Gasteiger partial charge in [0.1, 0.15) is 30.3 Å². The first-order chi connectivity index (χ1) is 21.1. The number of fused-ring (bicyclic) bond motifs is 1. The van der Waals surface area contributed by atoms with Crippen LogP contribution in [0.2, 0.25) is 0 Å². The van der Waals surface area contributed by atoms with Crippen LogP contribution in [0.15, 0.2) is 85.2 Å². The predicted octanol–water partition coefficient (Wildman–Crippen LogP) is 5.35. The van der Waals surface area contributed by atoms with Crippen LogP contribution in [-0.2, 0) is 14.3 Å². The highest BCUT2D eigenvalue weighted by molar-refractivity contribution is 6.34. The largest absolute Gasteiger partial charge is 0.493 e. The molecule has 43 heavy (non-hydrogen) atoms. The molecule has 1 aliphatic carbocycles. The lowest BCUT2D eigenvalue weighted by Gasteiger charge is -2.18. The van der Waals surface area contributed by atoms with Crippen LogP contribution in [0.25, 0.3) is 16.5 Å². The summed E-state index contributed by atoms with van der Waals surface area (Å²) in [5.74, 6) is 2.28. The van der Waals surface area contributed by atoms with E-state index >= 15 is 0 Å². The van der Waals surface area contributed by atoms with Gasteiger partial charge in [0.05, 0.1) is 32.4 Å². The van der Waals surface area contributed by atoms with Crippen molar-refractivity contribution in [2.45, 2.75) is 6.42 Å². The molecule has 0 aliphatic heterocycles. The van der Waals surface area contributed by atoms with E-state index in [-0.39, 0.29) is 17.1 Å². The number of ether oxygens (including phenoxy) is 5. The van der Waals surface area contributed by atoms with Crippen molar-refractivity contribution < 1.29 is 33.3 Å². The van der Waals surface area contributed by atoms with Crippen LogP contribution in [-0.4, -0.2) is 62.2 Å². The number of nitrogens with one attached hydrogen (secondary N) is 1. The summed E-state index contributed by atoms with van der Waals surface area (Å²) in [4.78, 5) is 34.0. The SMILES string of the molecule is COCCOc1cc2ncnc(Nc3ccc(OCCCOc4ccccc4)cc3C3=CC(=O)C=CC3=O)c2cc1OC. The lowest BCUT2D eigenvalue weighted by atomic mass is 9.94. The summed E-state index contributed by atoms with van der Waals surface area (Å²) in [5.41, 5.74) is 1.93. The summed E-state index contributed by atoms with van der Waals surface area (Å²) in [5, 5.41) is 3.99. The molecule has 3 aromatic carbocycles. The van der Waals surface area contributed by atoms with E-state index in [4.69, 9.17) is 23.7 Å². The molecule has 0 fully saturated rings. The molecule has 10 nitrogen and oxygen atoms in total. The smallest absolute Gasteiger partial charge is 0.186 e. The second-order valence-corrected chi connectivity index (χ2v) is 9.44. The number of benzene rings is 3. The predicted molar refractivity (Wildman–Crippen MR) is 162 cm³/mol. The minimum atomic E-state index is -0.289. The van der Waals surface area contributed by atoms with E-state index < -0.39 is 0 Å². The Hall–Kier alpha value is -5.22. The molecule has 0 unspecified atom stereocenters. The Bertz CT molecular complexity index is 1670. The normalized spacial score (nSPS) is 12.7. The van der Waals surface area contributed by atoms with Crippen molar-refractivity contribution in [2.24, 2.45) is 0 Å². The van der Waals surface area contributed by atoms with Crippen LogP contribution in [0.4, 0.5) is 11.5 Å².